The second-order valence-electron chi connectivity index (χ2n) is 4.15. The summed E-state index contributed by atoms with van der Waals surface area (Å²) in [4.78, 5) is 13.3. The van der Waals surface area contributed by atoms with Gasteiger partial charge in [-0.1, -0.05) is 0 Å². The molecule has 1 saturated heterocycles. The topological polar surface area (TPSA) is 101 Å². The largest absolute Gasteiger partial charge is 0.455 e. The second kappa shape index (κ2) is 5.96. The van der Waals surface area contributed by atoms with E-state index in [1.165, 1.54) is 0 Å². The molecule has 2 rings (SSSR count). The van der Waals surface area contributed by atoms with Gasteiger partial charge in [0.15, 0.2) is 5.76 Å². The Bertz CT molecular complexity index is 407. The molecule has 1 aromatic heterocycles. The van der Waals surface area contributed by atoms with Crippen molar-refractivity contribution in [3.63, 3.8) is 0 Å². The number of furan rings is 1. The Balaban J connectivity index is 1.92. The van der Waals surface area contributed by atoms with Gasteiger partial charge in [0.25, 0.3) is 0 Å². The van der Waals surface area contributed by atoms with Gasteiger partial charge in [0.05, 0.1) is 25.9 Å². The van der Waals surface area contributed by atoms with E-state index in [0.717, 1.165) is 6.54 Å². The lowest BCUT2D eigenvalue weighted by Crippen LogP contribution is -2.43. The van der Waals surface area contributed by atoms with Gasteiger partial charge >= 0.3 is 5.91 Å². The normalized spacial score (nSPS) is 20.9. The van der Waals surface area contributed by atoms with E-state index in [9.17, 15) is 4.79 Å². The predicted molar refractivity (Wildman–Crippen MR) is 62.5 cm³/mol. The molecule has 1 fully saturated rings. The Labute approximate surface area is 104 Å². The number of nitrogens with one attached hydrogen (secondary N) is 1. The maximum atomic E-state index is 11.2. The van der Waals surface area contributed by atoms with Gasteiger partial charge in [-0.05, 0) is 12.1 Å². The van der Waals surface area contributed by atoms with Crippen molar-refractivity contribution in [3.05, 3.63) is 23.7 Å². The van der Waals surface area contributed by atoms with Crippen molar-refractivity contribution in [1.29, 1.82) is 0 Å². The zero-order valence-corrected chi connectivity index (χ0v) is 9.96. The summed E-state index contributed by atoms with van der Waals surface area (Å²) in [5.74, 6) is 5.45. The van der Waals surface area contributed by atoms with Gasteiger partial charge in [-0.15, -0.1) is 0 Å². The number of aliphatic hydroxyl groups excluding tert-OH is 1. The number of nitrogens with two attached hydrogens (primary N) is 1. The van der Waals surface area contributed by atoms with Gasteiger partial charge in [-0.3, -0.25) is 15.1 Å². The number of ether oxygens (including phenoxy) is 1. The summed E-state index contributed by atoms with van der Waals surface area (Å²) in [6.07, 6.45) is -0.152. The van der Waals surface area contributed by atoms with E-state index in [1.807, 2.05) is 5.43 Å². The van der Waals surface area contributed by atoms with Crippen molar-refractivity contribution in [1.82, 2.24) is 10.3 Å². The van der Waals surface area contributed by atoms with Crippen LogP contribution >= 0.6 is 0 Å². The van der Waals surface area contributed by atoms with E-state index in [4.69, 9.17) is 20.1 Å². The second-order valence-corrected chi connectivity index (χ2v) is 4.15. The maximum absolute atomic E-state index is 11.2. The fourth-order valence-electron chi connectivity index (χ4n) is 1.91. The zero-order chi connectivity index (χ0) is 13.0. The first kappa shape index (κ1) is 13.0. The average Bonchev–Trinajstić information content (AvgIpc) is 2.86. The van der Waals surface area contributed by atoms with Crippen LogP contribution in [-0.2, 0) is 11.3 Å². The van der Waals surface area contributed by atoms with Crippen molar-refractivity contribution in [2.75, 3.05) is 26.3 Å². The van der Waals surface area contributed by atoms with E-state index >= 15 is 0 Å². The quantitative estimate of drug-likeness (QED) is 0.365. The third-order valence-electron chi connectivity index (χ3n) is 2.82. The van der Waals surface area contributed by atoms with Gasteiger partial charge in [0.1, 0.15) is 5.76 Å². The molecule has 100 valence electrons. The number of carbonyl (C=O) groups excluding carboxylic acids is 1. The first-order valence-electron chi connectivity index (χ1n) is 5.77. The number of morpholine rings is 1. The van der Waals surface area contributed by atoms with E-state index in [0.29, 0.717) is 25.5 Å². The summed E-state index contributed by atoms with van der Waals surface area (Å²) >= 11 is 0. The van der Waals surface area contributed by atoms with Gasteiger partial charge in [-0.2, -0.15) is 0 Å². The summed E-state index contributed by atoms with van der Waals surface area (Å²) in [6.45, 7) is 2.60. The maximum Gasteiger partial charge on any atom is 0.300 e. The molecule has 1 unspecified atom stereocenters. The molecule has 4 N–H and O–H groups in total. The summed E-state index contributed by atoms with van der Waals surface area (Å²) in [6, 6.07) is 3.33. The molecule has 18 heavy (non-hydrogen) atoms. The fraction of sp³-hybridized carbons (Fsp3) is 0.545. The molecule has 1 amide bonds. The molecule has 2 heterocycles. The van der Waals surface area contributed by atoms with E-state index in [2.05, 4.69) is 4.90 Å². The van der Waals surface area contributed by atoms with Crippen molar-refractivity contribution in [2.24, 2.45) is 5.84 Å². The first-order valence-corrected chi connectivity index (χ1v) is 5.77. The molecule has 1 aromatic rings. The molecule has 1 aliphatic heterocycles. The minimum absolute atomic E-state index is 0.00941. The monoisotopic (exact) mass is 255 g/mol. The van der Waals surface area contributed by atoms with E-state index < -0.39 is 5.91 Å². The molecule has 0 aromatic carbocycles. The lowest BCUT2D eigenvalue weighted by atomic mass is 10.2. The van der Waals surface area contributed by atoms with Crippen LogP contribution in [0.5, 0.6) is 0 Å². The lowest BCUT2D eigenvalue weighted by molar-refractivity contribution is -0.0564. The molecule has 1 aliphatic rings. The predicted octanol–water partition coefficient (Wildman–Crippen LogP) is -0.924. The molecule has 7 nitrogen and oxygen atoms in total. The van der Waals surface area contributed by atoms with Crippen molar-refractivity contribution >= 4 is 5.91 Å². The Morgan fingerprint density at radius 2 is 2.44 bits per heavy atom. The van der Waals surface area contributed by atoms with Crippen LogP contribution in [0.15, 0.2) is 16.5 Å². The van der Waals surface area contributed by atoms with Crippen molar-refractivity contribution in [3.8, 4) is 0 Å². The molecular weight excluding hydrogens is 238 g/mol. The SMILES string of the molecule is NNC(=O)c1ccc(CN2CCOC(CO)C2)o1. The first-order chi connectivity index (χ1) is 8.72. The van der Waals surface area contributed by atoms with Gasteiger partial charge in [-0.25, -0.2) is 5.84 Å². The lowest BCUT2D eigenvalue weighted by Gasteiger charge is -2.31. The Kier molecular flexibility index (Phi) is 4.32. The van der Waals surface area contributed by atoms with E-state index in [1.54, 1.807) is 12.1 Å². The van der Waals surface area contributed by atoms with Gasteiger partial charge < -0.3 is 14.3 Å². The number of rotatable bonds is 4. The highest BCUT2D eigenvalue weighted by molar-refractivity contribution is 5.90. The standard InChI is InChI=1S/C11H17N3O4/c12-13-11(16)10-2-1-8(18-10)5-14-3-4-17-9(6-14)7-15/h1-2,9,15H,3-7,12H2,(H,13,16). The number of hydrogen-bond acceptors (Lipinski definition) is 6. The molecule has 0 spiro atoms. The van der Waals surface area contributed by atoms with Crippen LogP contribution in [0.25, 0.3) is 0 Å². The van der Waals surface area contributed by atoms with Crippen LogP contribution in [0.4, 0.5) is 0 Å². The molecule has 0 aliphatic carbocycles. The number of hydrogen-bond donors (Lipinski definition) is 3. The van der Waals surface area contributed by atoms with Gasteiger partial charge in [0.2, 0.25) is 0 Å². The number of hydrazine groups is 1. The number of nitrogen functional groups attached to an aromatic ring is 1. The Hall–Kier alpha value is -1.41. The highest BCUT2D eigenvalue weighted by Gasteiger charge is 2.21. The zero-order valence-electron chi connectivity index (χ0n) is 9.96. The Morgan fingerprint density at radius 1 is 1.61 bits per heavy atom. The van der Waals surface area contributed by atoms with Crippen LogP contribution < -0.4 is 11.3 Å². The van der Waals surface area contributed by atoms with Crippen LogP contribution in [-0.4, -0.2) is 48.3 Å². The third kappa shape index (κ3) is 3.08. The highest BCUT2D eigenvalue weighted by atomic mass is 16.5. The summed E-state index contributed by atoms with van der Waals surface area (Å²) in [5, 5.41) is 9.04. The van der Waals surface area contributed by atoms with Crippen molar-refractivity contribution in [2.45, 2.75) is 12.6 Å². The highest BCUT2D eigenvalue weighted by Crippen LogP contribution is 2.13. The van der Waals surface area contributed by atoms with Crippen molar-refractivity contribution < 1.29 is 19.1 Å². The molecular formula is C11H17N3O4. The van der Waals surface area contributed by atoms with Crippen LogP contribution in [0.2, 0.25) is 0 Å². The average molecular weight is 255 g/mol. The number of amides is 1. The molecule has 7 heteroatoms. The third-order valence-corrected chi connectivity index (χ3v) is 2.82. The smallest absolute Gasteiger partial charge is 0.300 e. The number of carbonyl (C=O) groups is 1. The van der Waals surface area contributed by atoms with Crippen LogP contribution in [0, 0.1) is 0 Å². The van der Waals surface area contributed by atoms with Crippen LogP contribution in [0.3, 0.4) is 0 Å². The summed E-state index contributed by atoms with van der Waals surface area (Å²) < 4.78 is 10.7. The summed E-state index contributed by atoms with van der Waals surface area (Å²) in [7, 11) is 0. The minimum atomic E-state index is -0.448. The summed E-state index contributed by atoms with van der Waals surface area (Å²) in [5.41, 5.74) is 2.02. The van der Waals surface area contributed by atoms with Crippen LogP contribution in [0.1, 0.15) is 16.3 Å². The Morgan fingerprint density at radius 3 is 3.17 bits per heavy atom. The van der Waals surface area contributed by atoms with E-state index in [-0.39, 0.29) is 18.5 Å². The fourth-order valence-corrected chi connectivity index (χ4v) is 1.91. The molecule has 0 bridgehead atoms. The molecule has 0 saturated carbocycles. The van der Waals surface area contributed by atoms with Gasteiger partial charge in [0, 0.05) is 13.1 Å². The number of aliphatic hydroxyl groups is 1. The molecule has 0 radical (unpaired) electrons. The molecule has 1 atom stereocenters. The number of nitrogens with zero attached hydrogens (tertiary/aromatic N) is 1. The minimum Gasteiger partial charge on any atom is -0.455 e.